The first kappa shape index (κ1) is 14.9. The number of halogens is 2. The van der Waals surface area contributed by atoms with Crippen molar-refractivity contribution < 1.29 is 4.79 Å². The summed E-state index contributed by atoms with van der Waals surface area (Å²) in [6.45, 7) is 2.07. The maximum absolute atomic E-state index is 12.3. The molecule has 2 aromatic rings. The Balaban J connectivity index is 2.33. The van der Waals surface area contributed by atoms with Crippen molar-refractivity contribution in [2.24, 2.45) is 0 Å². The molecule has 0 N–H and O–H groups in total. The van der Waals surface area contributed by atoms with E-state index in [1.807, 2.05) is 24.3 Å². The molecule has 0 fully saturated rings. The van der Waals surface area contributed by atoms with E-state index in [2.05, 4.69) is 6.92 Å². The van der Waals surface area contributed by atoms with E-state index in [4.69, 9.17) is 23.4 Å². The molecule has 20 heavy (non-hydrogen) atoms. The van der Waals surface area contributed by atoms with Gasteiger partial charge in [-0.2, -0.15) is 0 Å². The van der Waals surface area contributed by atoms with Crippen molar-refractivity contribution in [3.63, 3.8) is 0 Å². The summed E-state index contributed by atoms with van der Waals surface area (Å²) in [7, 11) is 0. The van der Waals surface area contributed by atoms with Gasteiger partial charge in [-0.25, -0.2) is 4.42 Å². The lowest BCUT2D eigenvalue weighted by Crippen LogP contribution is -2.21. The van der Waals surface area contributed by atoms with Crippen molar-refractivity contribution in [3.05, 3.63) is 64.7 Å². The van der Waals surface area contributed by atoms with Crippen molar-refractivity contribution in [1.82, 2.24) is 0 Å². The molecule has 2 aromatic carbocycles. The van der Waals surface area contributed by atoms with Crippen LogP contribution in [0.3, 0.4) is 0 Å². The van der Waals surface area contributed by atoms with Crippen LogP contribution in [0.5, 0.6) is 0 Å². The minimum atomic E-state index is -0.244. The van der Waals surface area contributed by atoms with Crippen LogP contribution >= 0.6 is 23.4 Å². The highest BCUT2D eigenvalue weighted by Crippen LogP contribution is 2.28. The summed E-state index contributed by atoms with van der Waals surface area (Å²) >= 11 is 12.2. The van der Waals surface area contributed by atoms with E-state index < -0.39 is 0 Å². The first-order chi connectivity index (χ1) is 9.63. The molecule has 0 aliphatic heterocycles. The van der Waals surface area contributed by atoms with Gasteiger partial charge in [0.25, 0.3) is 5.91 Å². The largest absolute Gasteiger partial charge is 0.272 e. The molecule has 0 heterocycles. The predicted molar refractivity (Wildman–Crippen MR) is 84.6 cm³/mol. The van der Waals surface area contributed by atoms with E-state index in [9.17, 15) is 4.79 Å². The normalized spacial score (nSPS) is 10.3. The Labute approximate surface area is 129 Å². The summed E-state index contributed by atoms with van der Waals surface area (Å²) in [6, 6.07) is 14.3. The fourth-order valence-electron chi connectivity index (χ4n) is 2.02. The van der Waals surface area contributed by atoms with Gasteiger partial charge in [0, 0.05) is 22.4 Å². The molecule has 2 rings (SSSR count). The number of carbonyl (C=O) groups excluding carboxylic acids is 1. The molecule has 1 amide bonds. The maximum Gasteiger partial charge on any atom is 0.272 e. The summed E-state index contributed by atoms with van der Waals surface area (Å²) in [5.41, 5.74) is 2.21. The third kappa shape index (κ3) is 3.33. The number of rotatable bonds is 4. The zero-order valence-corrected chi connectivity index (χ0v) is 12.7. The van der Waals surface area contributed by atoms with E-state index in [0.717, 1.165) is 22.8 Å². The van der Waals surface area contributed by atoms with Crippen LogP contribution in [0, 0.1) is 0 Å². The maximum atomic E-state index is 12.3. The Morgan fingerprint density at radius 3 is 2.50 bits per heavy atom. The number of anilines is 1. The van der Waals surface area contributed by atoms with Crippen molar-refractivity contribution in [2.75, 3.05) is 4.42 Å². The zero-order chi connectivity index (χ0) is 14.5. The van der Waals surface area contributed by atoms with Crippen LogP contribution in [0.1, 0.15) is 29.3 Å². The molecule has 104 valence electrons. The summed E-state index contributed by atoms with van der Waals surface area (Å²) in [6.07, 6.45) is 1.78. The number of aryl methyl sites for hydroxylation is 1. The second-order valence-electron chi connectivity index (χ2n) is 4.48. The molecule has 0 saturated heterocycles. The van der Waals surface area contributed by atoms with Gasteiger partial charge >= 0.3 is 0 Å². The Kier molecular flexibility index (Phi) is 5.05. The van der Waals surface area contributed by atoms with Gasteiger partial charge in [-0.3, -0.25) is 4.79 Å². The average Bonchev–Trinajstić information content (AvgIpc) is 2.47. The Morgan fingerprint density at radius 2 is 1.85 bits per heavy atom. The number of hydrogen-bond acceptors (Lipinski definition) is 1. The van der Waals surface area contributed by atoms with Crippen molar-refractivity contribution in [2.45, 2.75) is 19.8 Å². The lowest BCUT2D eigenvalue weighted by molar-refractivity contribution is 0.101. The van der Waals surface area contributed by atoms with Crippen LogP contribution in [-0.2, 0) is 6.42 Å². The minimum Gasteiger partial charge on any atom is -0.267 e. The number of nitrogens with zero attached hydrogens (tertiary/aromatic N) is 1. The van der Waals surface area contributed by atoms with Gasteiger partial charge in [0.15, 0.2) is 0 Å². The fourth-order valence-corrected chi connectivity index (χ4v) is 2.48. The molecule has 0 aliphatic rings. The predicted octanol–water partition coefficient (Wildman–Crippen LogP) is 5.09. The average molecular weight is 308 g/mol. The topological polar surface area (TPSA) is 20.3 Å². The van der Waals surface area contributed by atoms with Gasteiger partial charge in [-0.15, -0.1) is 0 Å². The highest BCUT2D eigenvalue weighted by molar-refractivity contribution is 6.39. The third-order valence-electron chi connectivity index (χ3n) is 2.97. The second-order valence-corrected chi connectivity index (χ2v) is 5.25. The van der Waals surface area contributed by atoms with Gasteiger partial charge in [0.2, 0.25) is 0 Å². The van der Waals surface area contributed by atoms with E-state index >= 15 is 0 Å². The second kappa shape index (κ2) is 6.78. The first-order valence-corrected chi connectivity index (χ1v) is 7.18. The quantitative estimate of drug-likeness (QED) is 0.720. The summed E-state index contributed by atoms with van der Waals surface area (Å²) in [5.74, 6) is -0.244. The van der Waals surface area contributed by atoms with Gasteiger partial charge in [-0.05, 0) is 42.3 Å². The molecule has 0 atom stereocenters. The minimum absolute atomic E-state index is 0.244. The van der Waals surface area contributed by atoms with Gasteiger partial charge in [0.05, 0.1) is 5.69 Å². The van der Waals surface area contributed by atoms with Crippen LogP contribution < -0.4 is 4.42 Å². The molecular formula is C16H15Cl2NO. The molecule has 0 aromatic heterocycles. The Morgan fingerprint density at radius 1 is 1.15 bits per heavy atom. The van der Waals surface area contributed by atoms with Crippen molar-refractivity contribution in [3.8, 4) is 0 Å². The molecular weight excluding hydrogens is 293 g/mol. The third-order valence-corrected chi connectivity index (χ3v) is 3.54. The molecule has 0 aliphatic carbocycles. The summed E-state index contributed by atoms with van der Waals surface area (Å²) in [5, 5.41) is 0.648. The fraction of sp³-hybridized carbons (Fsp3) is 0.188. The van der Waals surface area contributed by atoms with Crippen molar-refractivity contribution in [1.29, 1.82) is 0 Å². The monoisotopic (exact) mass is 307 g/mol. The molecule has 0 bridgehead atoms. The molecule has 2 nitrogen and oxygen atoms in total. The van der Waals surface area contributed by atoms with E-state index in [1.54, 1.807) is 24.3 Å². The number of hydrogen-bond donors (Lipinski definition) is 0. The first-order valence-electron chi connectivity index (χ1n) is 6.47. The van der Waals surface area contributed by atoms with E-state index in [1.165, 1.54) is 0 Å². The SMILES string of the molecule is CCCc1cc(Cl)ccc1N(Cl)C(=O)c1ccccc1. The van der Waals surface area contributed by atoms with Crippen LogP contribution in [0.15, 0.2) is 48.5 Å². The van der Waals surface area contributed by atoms with Crippen LogP contribution in [0.2, 0.25) is 5.02 Å². The molecule has 0 radical (unpaired) electrons. The van der Waals surface area contributed by atoms with E-state index in [0.29, 0.717) is 16.3 Å². The molecule has 4 heteroatoms. The van der Waals surface area contributed by atoms with Gasteiger partial charge in [-0.1, -0.05) is 43.1 Å². The van der Waals surface area contributed by atoms with Gasteiger partial charge < -0.3 is 0 Å². The molecule has 0 unspecified atom stereocenters. The zero-order valence-electron chi connectivity index (χ0n) is 11.1. The lowest BCUT2D eigenvalue weighted by atomic mass is 10.1. The van der Waals surface area contributed by atoms with Crippen molar-refractivity contribution >= 4 is 35.0 Å². The van der Waals surface area contributed by atoms with Crippen LogP contribution in [0.4, 0.5) is 5.69 Å². The lowest BCUT2D eigenvalue weighted by Gasteiger charge is -2.18. The standard InChI is InChI=1S/C16H15Cl2NO/c1-2-6-13-11-14(17)9-10-15(13)19(18)16(20)12-7-4-3-5-8-12/h3-5,7-11H,2,6H2,1H3. The van der Waals surface area contributed by atoms with Crippen LogP contribution in [0.25, 0.3) is 0 Å². The smallest absolute Gasteiger partial charge is 0.267 e. The van der Waals surface area contributed by atoms with E-state index in [-0.39, 0.29) is 5.91 Å². The Hall–Kier alpha value is -1.51. The van der Waals surface area contributed by atoms with Gasteiger partial charge in [0.1, 0.15) is 0 Å². The number of carbonyl (C=O) groups is 1. The number of amides is 1. The van der Waals surface area contributed by atoms with Crippen LogP contribution in [-0.4, -0.2) is 5.91 Å². The summed E-state index contributed by atoms with van der Waals surface area (Å²) < 4.78 is 1.16. The highest BCUT2D eigenvalue weighted by atomic mass is 35.5. The Bertz CT molecular complexity index is 599. The summed E-state index contributed by atoms with van der Waals surface area (Å²) in [4.78, 5) is 12.3. The molecule has 0 spiro atoms. The number of benzene rings is 2. The highest BCUT2D eigenvalue weighted by Gasteiger charge is 2.18. The molecule has 0 saturated carbocycles.